The first-order chi connectivity index (χ1) is 13.7. The lowest BCUT2D eigenvalue weighted by Gasteiger charge is -2.29. The van der Waals surface area contributed by atoms with Crippen LogP contribution in [0.5, 0.6) is 0 Å². The molecule has 0 aliphatic carbocycles. The Kier molecular flexibility index (Phi) is 8.54. The minimum absolute atomic E-state index is 0.107. The van der Waals surface area contributed by atoms with Crippen molar-refractivity contribution in [3.05, 3.63) is 68.7 Å². The predicted octanol–water partition coefficient (Wildman–Crippen LogP) is 5.10. The molecule has 0 aromatic heterocycles. The summed E-state index contributed by atoms with van der Waals surface area (Å²) in [5.74, 6) is -0.273. The summed E-state index contributed by atoms with van der Waals surface area (Å²) in [5.41, 5.74) is 3.95. The maximum Gasteiger partial charge on any atom is 0.242 e. The maximum absolute atomic E-state index is 13.2. The molecule has 156 valence electrons. The molecule has 1 atom stereocenters. The molecule has 29 heavy (non-hydrogen) atoms. The van der Waals surface area contributed by atoms with Crippen molar-refractivity contribution >= 4 is 35.0 Å². The quantitative estimate of drug-likeness (QED) is 0.628. The Balaban J connectivity index is 2.29. The molecule has 0 saturated heterocycles. The highest BCUT2D eigenvalue weighted by Gasteiger charge is 2.26. The number of halogens is 2. The van der Waals surface area contributed by atoms with Crippen LogP contribution in [0, 0.1) is 13.8 Å². The van der Waals surface area contributed by atoms with E-state index in [0.29, 0.717) is 16.6 Å². The fourth-order valence-corrected chi connectivity index (χ4v) is 3.39. The lowest BCUT2D eigenvalue weighted by Crippen LogP contribution is -2.48. The summed E-state index contributed by atoms with van der Waals surface area (Å²) >= 11 is 12.2. The van der Waals surface area contributed by atoms with Crippen molar-refractivity contribution in [2.75, 3.05) is 6.54 Å². The first-order valence-corrected chi connectivity index (χ1v) is 10.6. The summed E-state index contributed by atoms with van der Waals surface area (Å²) in [6, 6.07) is 10.7. The third-order valence-electron chi connectivity index (χ3n) is 4.90. The molecule has 1 N–H and O–H groups in total. The van der Waals surface area contributed by atoms with E-state index >= 15 is 0 Å². The van der Waals surface area contributed by atoms with Gasteiger partial charge in [0.2, 0.25) is 11.8 Å². The van der Waals surface area contributed by atoms with E-state index in [0.717, 1.165) is 28.7 Å². The minimum Gasteiger partial charge on any atom is -0.354 e. The molecule has 4 nitrogen and oxygen atoms in total. The Morgan fingerprint density at radius 3 is 2.45 bits per heavy atom. The second-order valence-electron chi connectivity index (χ2n) is 7.34. The second kappa shape index (κ2) is 10.7. The van der Waals surface area contributed by atoms with E-state index in [9.17, 15) is 9.59 Å². The fourth-order valence-electron chi connectivity index (χ4n) is 3.07. The molecular formula is C23H28Cl2N2O2. The standard InChI is InChI=1S/C23H28Cl2N2O2/c1-5-10-26-23(29)17(4)27(14-18-8-9-20(24)21(25)12-18)22(28)13-19-11-15(2)6-7-16(19)3/h6-9,11-12,17H,5,10,13-14H2,1-4H3,(H,26,29)/t17-/m1/s1. The van der Waals surface area contributed by atoms with E-state index in [1.807, 2.05) is 45.0 Å². The van der Waals surface area contributed by atoms with Crippen LogP contribution in [-0.4, -0.2) is 29.3 Å². The van der Waals surface area contributed by atoms with Gasteiger partial charge in [-0.25, -0.2) is 0 Å². The lowest BCUT2D eigenvalue weighted by atomic mass is 10.0. The number of carbonyl (C=O) groups is 2. The van der Waals surface area contributed by atoms with Crippen molar-refractivity contribution < 1.29 is 9.59 Å². The summed E-state index contributed by atoms with van der Waals surface area (Å²) in [7, 11) is 0. The smallest absolute Gasteiger partial charge is 0.242 e. The van der Waals surface area contributed by atoms with Gasteiger partial charge >= 0.3 is 0 Å². The molecule has 2 aromatic carbocycles. The highest BCUT2D eigenvalue weighted by molar-refractivity contribution is 6.42. The van der Waals surface area contributed by atoms with E-state index in [-0.39, 0.29) is 24.8 Å². The Morgan fingerprint density at radius 1 is 1.07 bits per heavy atom. The van der Waals surface area contributed by atoms with Gasteiger partial charge in [-0.1, -0.05) is 60.0 Å². The van der Waals surface area contributed by atoms with Crippen molar-refractivity contribution in [2.24, 2.45) is 0 Å². The molecule has 2 amide bonds. The van der Waals surface area contributed by atoms with Crippen molar-refractivity contribution in [3.63, 3.8) is 0 Å². The zero-order chi connectivity index (χ0) is 21.6. The molecule has 0 spiro atoms. The van der Waals surface area contributed by atoms with Crippen LogP contribution >= 0.6 is 23.2 Å². The topological polar surface area (TPSA) is 49.4 Å². The van der Waals surface area contributed by atoms with Crippen LogP contribution in [0.2, 0.25) is 10.0 Å². The first-order valence-electron chi connectivity index (χ1n) is 9.80. The minimum atomic E-state index is -0.603. The van der Waals surface area contributed by atoms with Crippen LogP contribution in [-0.2, 0) is 22.6 Å². The van der Waals surface area contributed by atoms with E-state index < -0.39 is 6.04 Å². The van der Waals surface area contributed by atoms with Gasteiger partial charge in [0, 0.05) is 13.1 Å². The van der Waals surface area contributed by atoms with Gasteiger partial charge < -0.3 is 10.2 Å². The number of amides is 2. The number of carbonyl (C=O) groups excluding carboxylic acids is 2. The van der Waals surface area contributed by atoms with Gasteiger partial charge in [0.15, 0.2) is 0 Å². The molecule has 0 unspecified atom stereocenters. The Bertz CT molecular complexity index is 883. The van der Waals surface area contributed by atoms with Gasteiger partial charge in [0.1, 0.15) is 6.04 Å². The molecule has 2 aromatic rings. The number of nitrogens with zero attached hydrogens (tertiary/aromatic N) is 1. The van der Waals surface area contributed by atoms with Gasteiger partial charge in [-0.05, 0) is 56.0 Å². The van der Waals surface area contributed by atoms with E-state index in [2.05, 4.69) is 5.32 Å². The number of hydrogen-bond acceptors (Lipinski definition) is 2. The van der Waals surface area contributed by atoms with Crippen LogP contribution in [0.15, 0.2) is 36.4 Å². The highest BCUT2D eigenvalue weighted by atomic mass is 35.5. The number of rotatable bonds is 8. The largest absolute Gasteiger partial charge is 0.354 e. The van der Waals surface area contributed by atoms with Gasteiger partial charge in [-0.2, -0.15) is 0 Å². The summed E-state index contributed by atoms with van der Waals surface area (Å²) in [6.07, 6.45) is 1.07. The Labute approximate surface area is 183 Å². The van der Waals surface area contributed by atoms with E-state index in [1.54, 1.807) is 24.0 Å². The van der Waals surface area contributed by atoms with Crippen molar-refractivity contribution in [1.29, 1.82) is 0 Å². The number of aryl methyl sites for hydroxylation is 2. The summed E-state index contributed by atoms with van der Waals surface area (Å²) in [5, 5.41) is 3.76. The van der Waals surface area contributed by atoms with E-state index in [4.69, 9.17) is 23.2 Å². The molecule has 0 bridgehead atoms. The van der Waals surface area contributed by atoms with Crippen LogP contribution in [0.25, 0.3) is 0 Å². The van der Waals surface area contributed by atoms with Gasteiger partial charge in [0.05, 0.1) is 16.5 Å². The zero-order valence-corrected chi connectivity index (χ0v) is 18.9. The molecular weight excluding hydrogens is 407 g/mol. The maximum atomic E-state index is 13.2. The van der Waals surface area contributed by atoms with Crippen LogP contribution in [0.3, 0.4) is 0 Å². The normalized spacial score (nSPS) is 11.8. The lowest BCUT2D eigenvalue weighted by molar-refractivity contribution is -0.140. The van der Waals surface area contributed by atoms with Crippen LogP contribution in [0.4, 0.5) is 0 Å². The second-order valence-corrected chi connectivity index (χ2v) is 8.16. The van der Waals surface area contributed by atoms with E-state index in [1.165, 1.54) is 0 Å². The monoisotopic (exact) mass is 434 g/mol. The number of nitrogens with one attached hydrogen (secondary N) is 1. The molecule has 0 radical (unpaired) electrons. The summed E-state index contributed by atoms with van der Waals surface area (Å²) in [6.45, 7) is 8.59. The molecule has 2 rings (SSSR count). The number of benzene rings is 2. The van der Waals surface area contributed by atoms with Gasteiger partial charge in [-0.15, -0.1) is 0 Å². The molecule has 6 heteroatoms. The Hall–Kier alpha value is -2.04. The number of hydrogen-bond donors (Lipinski definition) is 1. The average molecular weight is 435 g/mol. The molecule has 0 fully saturated rings. The average Bonchev–Trinajstić information content (AvgIpc) is 2.69. The van der Waals surface area contributed by atoms with Crippen molar-refractivity contribution in [1.82, 2.24) is 10.2 Å². The molecule has 0 aliphatic rings. The summed E-state index contributed by atoms with van der Waals surface area (Å²) < 4.78 is 0. The fraction of sp³-hybridized carbons (Fsp3) is 0.391. The first kappa shape index (κ1) is 23.2. The highest BCUT2D eigenvalue weighted by Crippen LogP contribution is 2.24. The van der Waals surface area contributed by atoms with Crippen LogP contribution in [0.1, 0.15) is 42.5 Å². The van der Waals surface area contributed by atoms with Crippen molar-refractivity contribution in [2.45, 2.75) is 53.1 Å². The Morgan fingerprint density at radius 2 is 1.79 bits per heavy atom. The zero-order valence-electron chi connectivity index (χ0n) is 17.4. The van der Waals surface area contributed by atoms with Crippen LogP contribution < -0.4 is 5.32 Å². The van der Waals surface area contributed by atoms with Gasteiger partial charge in [0.25, 0.3) is 0 Å². The summed E-state index contributed by atoms with van der Waals surface area (Å²) in [4.78, 5) is 27.4. The third-order valence-corrected chi connectivity index (χ3v) is 5.64. The molecule has 0 saturated carbocycles. The molecule has 0 heterocycles. The predicted molar refractivity (Wildman–Crippen MR) is 119 cm³/mol. The molecule has 0 aliphatic heterocycles. The SMILES string of the molecule is CCCNC(=O)[C@@H](C)N(Cc1ccc(Cl)c(Cl)c1)C(=O)Cc1cc(C)ccc1C. The van der Waals surface area contributed by atoms with Crippen molar-refractivity contribution in [3.8, 4) is 0 Å². The van der Waals surface area contributed by atoms with Gasteiger partial charge in [-0.3, -0.25) is 9.59 Å². The third kappa shape index (κ3) is 6.48.